The monoisotopic (exact) mass is 366 g/mol. The molecule has 5 nitrogen and oxygen atoms in total. The number of phenols is 1. The topological polar surface area (TPSA) is 65.8 Å². The van der Waals surface area contributed by atoms with Gasteiger partial charge in [-0.3, -0.25) is 4.90 Å². The number of aliphatic hydroxyl groups excluding tert-OH is 1. The number of aromatic hydroxyl groups is 1. The number of rotatable bonds is 8. The molecule has 0 saturated carbocycles. The number of phenolic OH excluding ortho intramolecular Hbond substituents is 1. The fourth-order valence-electron chi connectivity index (χ4n) is 3.36. The largest absolute Gasteiger partial charge is 0.508 e. The molecule has 0 bridgehead atoms. The molecule has 0 atom stereocenters. The summed E-state index contributed by atoms with van der Waals surface area (Å²) in [4.78, 5) is 6.73. The van der Waals surface area contributed by atoms with E-state index in [4.69, 9.17) is 4.74 Å². The lowest BCUT2D eigenvalue weighted by Crippen LogP contribution is -2.32. The van der Waals surface area contributed by atoms with Crippen LogP contribution >= 0.6 is 0 Å². The second-order valence-corrected chi connectivity index (χ2v) is 6.73. The van der Waals surface area contributed by atoms with Gasteiger partial charge in [0.2, 0.25) is 5.88 Å². The molecule has 27 heavy (non-hydrogen) atoms. The summed E-state index contributed by atoms with van der Waals surface area (Å²) in [5, 5.41) is 20.4. The van der Waals surface area contributed by atoms with E-state index in [1.54, 1.807) is 12.1 Å². The number of fused-ring (bicyclic) bond motifs is 1. The number of allylic oxidation sites excluding steroid dienone is 1. The summed E-state index contributed by atoms with van der Waals surface area (Å²) < 4.78 is 5.74. The molecule has 0 spiro atoms. The molecule has 0 fully saturated rings. The van der Waals surface area contributed by atoms with Crippen LogP contribution in [0.4, 0.5) is 0 Å². The van der Waals surface area contributed by atoms with Gasteiger partial charge in [0.05, 0.1) is 6.61 Å². The normalized spacial score (nSPS) is 15.1. The predicted octanol–water partition coefficient (Wildman–Crippen LogP) is 4.36. The van der Waals surface area contributed by atoms with Crippen molar-refractivity contribution in [2.45, 2.75) is 19.3 Å². The van der Waals surface area contributed by atoms with Crippen LogP contribution in [0.3, 0.4) is 0 Å². The van der Waals surface area contributed by atoms with Gasteiger partial charge in [-0.05, 0) is 49.1 Å². The zero-order valence-corrected chi connectivity index (χ0v) is 15.5. The highest BCUT2D eigenvalue weighted by Gasteiger charge is 2.18. The van der Waals surface area contributed by atoms with Gasteiger partial charge >= 0.3 is 0 Å². The molecule has 1 aromatic carbocycles. The first-order valence-corrected chi connectivity index (χ1v) is 9.25. The van der Waals surface area contributed by atoms with Crippen LogP contribution < -0.4 is 4.74 Å². The average Bonchev–Trinajstić information content (AvgIpc) is 2.68. The summed E-state index contributed by atoms with van der Waals surface area (Å²) in [6.45, 7) is 10.7. The highest BCUT2D eigenvalue weighted by molar-refractivity contribution is 5.84. The number of ether oxygens (including phenoxy) is 1. The van der Waals surface area contributed by atoms with Gasteiger partial charge in [-0.1, -0.05) is 31.4 Å². The Labute approximate surface area is 159 Å². The Balaban J connectivity index is 1.44. The Morgan fingerprint density at radius 3 is 2.89 bits per heavy atom. The van der Waals surface area contributed by atoms with E-state index in [0.717, 1.165) is 55.4 Å². The maximum Gasteiger partial charge on any atom is 0.213 e. The summed E-state index contributed by atoms with van der Waals surface area (Å²) in [6.07, 6.45) is 4.55. The Morgan fingerprint density at radius 2 is 2.11 bits per heavy atom. The quantitative estimate of drug-likeness (QED) is 0.537. The second-order valence-electron chi connectivity index (χ2n) is 6.73. The van der Waals surface area contributed by atoms with E-state index in [9.17, 15) is 10.2 Å². The predicted molar refractivity (Wildman–Crippen MR) is 108 cm³/mol. The van der Waals surface area contributed by atoms with Crippen LogP contribution in [-0.4, -0.2) is 46.3 Å². The molecule has 1 aliphatic heterocycles. The van der Waals surface area contributed by atoms with E-state index in [-0.39, 0.29) is 11.5 Å². The summed E-state index contributed by atoms with van der Waals surface area (Å²) in [6, 6.07) is 9.07. The van der Waals surface area contributed by atoms with E-state index in [2.05, 4.69) is 23.0 Å². The molecule has 0 radical (unpaired) electrons. The molecule has 1 aromatic heterocycles. The number of hydrogen-bond donors (Lipinski definition) is 2. The van der Waals surface area contributed by atoms with Crippen LogP contribution in [-0.2, 0) is 0 Å². The number of aliphatic hydroxyl groups is 1. The molecule has 2 aromatic rings. The number of hydrogen-bond acceptors (Lipinski definition) is 5. The molecular weight excluding hydrogens is 340 g/mol. The molecule has 0 aliphatic carbocycles. The zero-order chi connectivity index (χ0) is 19.2. The molecule has 2 N–H and O–H groups in total. The molecule has 0 amide bonds. The van der Waals surface area contributed by atoms with Gasteiger partial charge in [0.25, 0.3) is 0 Å². The molecular formula is C22H26N2O3. The molecule has 1 aliphatic rings. The van der Waals surface area contributed by atoms with Crippen molar-refractivity contribution in [2.24, 2.45) is 0 Å². The fraction of sp³-hybridized carbons (Fsp3) is 0.318. The van der Waals surface area contributed by atoms with E-state index >= 15 is 0 Å². The molecule has 0 saturated heterocycles. The molecule has 3 rings (SSSR count). The molecule has 142 valence electrons. The minimum absolute atomic E-state index is 0.159. The maximum absolute atomic E-state index is 9.89. The third-order valence-electron chi connectivity index (χ3n) is 4.85. The number of para-hydroxylation sites is 1. The van der Waals surface area contributed by atoms with Crippen LogP contribution in [0.25, 0.3) is 10.9 Å². The van der Waals surface area contributed by atoms with Crippen molar-refractivity contribution in [1.82, 2.24) is 9.88 Å². The first-order chi connectivity index (χ1) is 13.1. The van der Waals surface area contributed by atoms with Crippen molar-refractivity contribution in [3.8, 4) is 11.6 Å². The van der Waals surface area contributed by atoms with E-state index < -0.39 is 0 Å². The van der Waals surface area contributed by atoms with Crippen LogP contribution in [0.15, 0.2) is 66.5 Å². The Hall–Kier alpha value is -2.79. The number of unbranched alkanes of at least 4 members (excludes halogenated alkanes) is 1. The molecule has 2 heterocycles. The van der Waals surface area contributed by atoms with E-state index in [0.29, 0.717) is 18.0 Å². The third kappa shape index (κ3) is 4.68. The minimum Gasteiger partial charge on any atom is -0.508 e. The van der Waals surface area contributed by atoms with Crippen LogP contribution in [0, 0.1) is 0 Å². The van der Waals surface area contributed by atoms with Crippen molar-refractivity contribution in [3.63, 3.8) is 0 Å². The fourth-order valence-corrected chi connectivity index (χ4v) is 3.36. The van der Waals surface area contributed by atoms with Crippen molar-refractivity contribution in [3.05, 3.63) is 66.5 Å². The van der Waals surface area contributed by atoms with Gasteiger partial charge in [0, 0.05) is 24.5 Å². The Kier molecular flexibility index (Phi) is 6.14. The first kappa shape index (κ1) is 19.0. The molecule has 5 heteroatoms. The van der Waals surface area contributed by atoms with Gasteiger partial charge < -0.3 is 14.9 Å². The minimum atomic E-state index is 0.159. The van der Waals surface area contributed by atoms with Gasteiger partial charge in [0.1, 0.15) is 17.0 Å². The summed E-state index contributed by atoms with van der Waals surface area (Å²) in [5.41, 5.74) is 2.55. The highest BCUT2D eigenvalue weighted by Crippen LogP contribution is 2.25. The van der Waals surface area contributed by atoms with E-state index in [1.807, 2.05) is 24.3 Å². The SMILES string of the molecule is C=CC1=C(C(=C)O)CCN(CCCCOc2ccc3cccc(O)c3n2)C1. The number of benzene rings is 1. The third-order valence-corrected chi connectivity index (χ3v) is 4.85. The average molecular weight is 366 g/mol. The van der Waals surface area contributed by atoms with Gasteiger partial charge in [-0.25, -0.2) is 4.98 Å². The summed E-state index contributed by atoms with van der Waals surface area (Å²) in [5.74, 6) is 0.857. The van der Waals surface area contributed by atoms with Gasteiger partial charge in [-0.2, -0.15) is 0 Å². The standard InChI is InChI=1S/C22H26N2O3/c1-3-17-15-24(13-11-19(17)16(2)25)12-4-5-14-27-21-10-9-18-7-6-8-20(26)22(18)23-21/h3,6-10,25-26H,1-2,4-5,11-15H2. The van der Waals surface area contributed by atoms with Crippen LogP contribution in [0.1, 0.15) is 19.3 Å². The number of aromatic nitrogens is 1. The molecule has 0 unspecified atom stereocenters. The van der Waals surface area contributed by atoms with Crippen LogP contribution in [0.5, 0.6) is 11.6 Å². The van der Waals surface area contributed by atoms with Gasteiger partial charge in [-0.15, -0.1) is 0 Å². The Bertz CT molecular complexity index is 873. The van der Waals surface area contributed by atoms with Crippen molar-refractivity contribution >= 4 is 10.9 Å². The van der Waals surface area contributed by atoms with Crippen LogP contribution in [0.2, 0.25) is 0 Å². The highest BCUT2D eigenvalue weighted by atomic mass is 16.5. The number of nitrogens with zero attached hydrogens (tertiary/aromatic N) is 2. The second kappa shape index (κ2) is 8.73. The summed E-state index contributed by atoms with van der Waals surface area (Å²) in [7, 11) is 0. The van der Waals surface area contributed by atoms with Crippen molar-refractivity contribution < 1.29 is 14.9 Å². The first-order valence-electron chi connectivity index (χ1n) is 9.25. The lowest BCUT2D eigenvalue weighted by molar-refractivity contribution is 0.252. The number of pyridine rings is 1. The van der Waals surface area contributed by atoms with Crippen molar-refractivity contribution in [1.29, 1.82) is 0 Å². The maximum atomic E-state index is 9.89. The summed E-state index contributed by atoms with van der Waals surface area (Å²) >= 11 is 0. The lowest BCUT2D eigenvalue weighted by atomic mass is 9.98. The van der Waals surface area contributed by atoms with E-state index in [1.165, 1.54) is 0 Å². The zero-order valence-electron chi connectivity index (χ0n) is 15.5. The Morgan fingerprint density at radius 1 is 1.26 bits per heavy atom. The smallest absolute Gasteiger partial charge is 0.213 e. The van der Waals surface area contributed by atoms with Crippen molar-refractivity contribution in [2.75, 3.05) is 26.2 Å². The van der Waals surface area contributed by atoms with Gasteiger partial charge in [0.15, 0.2) is 0 Å². The lowest BCUT2D eigenvalue weighted by Gasteiger charge is -2.29.